The molecule has 0 saturated carbocycles. The van der Waals surface area contributed by atoms with E-state index in [0.717, 1.165) is 45.4 Å². The van der Waals surface area contributed by atoms with Gasteiger partial charge in [0.15, 0.2) is 0 Å². The summed E-state index contributed by atoms with van der Waals surface area (Å²) in [6, 6.07) is -0.0540. The number of carbonyl (C=O) groups excluding carboxylic acids is 2. The molecule has 7 nitrogen and oxygen atoms in total. The minimum atomic E-state index is -0.673. The molecule has 0 aromatic heterocycles. The fourth-order valence-corrected chi connectivity index (χ4v) is 4.32. The van der Waals surface area contributed by atoms with E-state index in [-0.39, 0.29) is 42.5 Å². The van der Waals surface area contributed by atoms with Crippen molar-refractivity contribution >= 4 is 11.8 Å². The van der Waals surface area contributed by atoms with Crippen LogP contribution >= 0.6 is 0 Å². The van der Waals surface area contributed by atoms with Crippen LogP contribution in [0.4, 0.5) is 0 Å². The molecule has 5 atom stereocenters. The van der Waals surface area contributed by atoms with Gasteiger partial charge < -0.3 is 25.4 Å². The summed E-state index contributed by atoms with van der Waals surface area (Å²) in [6.07, 6.45) is 5.10. The van der Waals surface area contributed by atoms with Crippen molar-refractivity contribution in [3.63, 3.8) is 0 Å². The lowest BCUT2D eigenvalue weighted by Gasteiger charge is -2.30. The molecule has 3 N–H and O–H groups in total. The molecule has 3 heterocycles. The van der Waals surface area contributed by atoms with E-state index in [1.54, 1.807) is 0 Å². The molecule has 3 aliphatic heterocycles. The van der Waals surface area contributed by atoms with Crippen LogP contribution in [0.3, 0.4) is 0 Å². The van der Waals surface area contributed by atoms with Crippen LogP contribution < -0.4 is 16.0 Å². The zero-order valence-corrected chi connectivity index (χ0v) is 16.0. The number of hydrogen-bond acceptors (Lipinski definition) is 5. The maximum absolute atomic E-state index is 13.0. The van der Waals surface area contributed by atoms with Crippen molar-refractivity contribution < 1.29 is 19.1 Å². The molecule has 3 rings (SSSR count). The number of amides is 2. The number of hydrogen-bond donors (Lipinski definition) is 3. The second kappa shape index (κ2) is 8.67. The molecule has 0 aromatic carbocycles. The minimum absolute atomic E-state index is 0.0229. The van der Waals surface area contributed by atoms with Crippen molar-refractivity contribution in [1.29, 1.82) is 0 Å². The van der Waals surface area contributed by atoms with Gasteiger partial charge in [-0.2, -0.15) is 0 Å². The Morgan fingerprint density at radius 3 is 2.19 bits per heavy atom. The van der Waals surface area contributed by atoms with E-state index in [1.165, 1.54) is 0 Å². The summed E-state index contributed by atoms with van der Waals surface area (Å²) in [6.45, 7) is 6.80. The van der Waals surface area contributed by atoms with Crippen molar-refractivity contribution in [2.75, 3.05) is 26.3 Å². The Hall–Kier alpha value is -1.18. The molecule has 3 aliphatic rings. The Kier molecular flexibility index (Phi) is 6.53. The van der Waals surface area contributed by atoms with Crippen LogP contribution in [-0.4, -0.2) is 62.4 Å². The first kappa shape index (κ1) is 19.6. The lowest BCUT2D eigenvalue weighted by Crippen LogP contribution is -2.52. The van der Waals surface area contributed by atoms with Gasteiger partial charge in [-0.1, -0.05) is 0 Å². The molecule has 0 bridgehead atoms. The predicted molar refractivity (Wildman–Crippen MR) is 97.7 cm³/mol. The van der Waals surface area contributed by atoms with Crippen LogP contribution in [-0.2, 0) is 19.1 Å². The van der Waals surface area contributed by atoms with Gasteiger partial charge in [0.1, 0.15) is 0 Å². The topological polar surface area (TPSA) is 88.7 Å². The SMILES string of the molecule is CC(NC(=O)CC1(C(=O)NC(C)C2CCCO2)CCNC1)C1CCCO1. The lowest BCUT2D eigenvalue weighted by molar-refractivity contribution is -0.137. The second-order valence-electron chi connectivity index (χ2n) is 8.11. The van der Waals surface area contributed by atoms with Crippen molar-refractivity contribution in [3.05, 3.63) is 0 Å². The number of nitrogens with one attached hydrogen (secondary N) is 3. The van der Waals surface area contributed by atoms with Gasteiger partial charge in [-0.3, -0.25) is 9.59 Å². The van der Waals surface area contributed by atoms with Crippen molar-refractivity contribution in [2.24, 2.45) is 5.41 Å². The molecular weight excluding hydrogens is 334 g/mol. The zero-order chi connectivity index (χ0) is 18.6. The van der Waals surface area contributed by atoms with Gasteiger partial charge in [-0.15, -0.1) is 0 Å². The standard InChI is InChI=1S/C19H33N3O4/c1-13(15-5-3-9-25-15)21-17(23)11-19(7-8-20-12-19)18(24)22-14(2)16-6-4-10-26-16/h13-16,20H,3-12H2,1-2H3,(H,21,23)(H,22,24). The van der Waals surface area contributed by atoms with Crippen LogP contribution in [0.2, 0.25) is 0 Å². The van der Waals surface area contributed by atoms with Gasteiger partial charge in [0.2, 0.25) is 11.8 Å². The van der Waals surface area contributed by atoms with E-state index < -0.39 is 5.41 Å². The predicted octanol–water partition coefficient (Wildman–Crippen LogP) is 0.724. The largest absolute Gasteiger partial charge is 0.376 e. The van der Waals surface area contributed by atoms with E-state index in [9.17, 15) is 9.59 Å². The van der Waals surface area contributed by atoms with Crippen LogP contribution in [0, 0.1) is 5.41 Å². The molecule has 3 saturated heterocycles. The van der Waals surface area contributed by atoms with Crippen LogP contribution in [0.1, 0.15) is 52.4 Å². The van der Waals surface area contributed by atoms with Gasteiger partial charge >= 0.3 is 0 Å². The first-order valence-electron chi connectivity index (χ1n) is 10.0. The van der Waals surface area contributed by atoms with Crippen LogP contribution in [0.25, 0.3) is 0 Å². The Balaban J connectivity index is 1.55. The molecule has 2 amide bonds. The maximum atomic E-state index is 13.0. The first-order chi connectivity index (χ1) is 12.5. The smallest absolute Gasteiger partial charge is 0.228 e. The highest BCUT2D eigenvalue weighted by Gasteiger charge is 2.44. The second-order valence-corrected chi connectivity index (χ2v) is 8.11. The molecule has 0 spiro atoms. The summed E-state index contributed by atoms with van der Waals surface area (Å²) in [4.78, 5) is 25.6. The maximum Gasteiger partial charge on any atom is 0.228 e. The van der Waals surface area contributed by atoms with E-state index in [4.69, 9.17) is 9.47 Å². The number of carbonyl (C=O) groups is 2. The summed E-state index contributed by atoms with van der Waals surface area (Å²) < 4.78 is 11.3. The van der Waals surface area contributed by atoms with Crippen LogP contribution in [0.5, 0.6) is 0 Å². The fourth-order valence-electron chi connectivity index (χ4n) is 4.32. The average molecular weight is 367 g/mol. The highest BCUT2D eigenvalue weighted by molar-refractivity contribution is 5.89. The average Bonchev–Trinajstić information content (AvgIpc) is 3.36. The van der Waals surface area contributed by atoms with E-state index in [0.29, 0.717) is 13.0 Å². The summed E-state index contributed by atoms with van der Waals surface area (Å²) in [5, 5.41) is 9.40. The monoisotopic (exact) mass is 367 g/mol. The number of ether oxygens (including phenoxy) is 2. The third-order valence-electron chi connectivity index (χ3n) is 6.02. The van der Waals surface area contributed by atoms with Crippen molar-refractivity contribution in [2.45, 2.75) is 76.7 Å². The van der Waals surface area contributed by atoms with Crippen molar-refractivity contribution in [1.82, 2.24) is 16.0 Å². The normalized spacial score (nSPS) is 33.8. The Bertz CT molecular complexity index is 495. The summed E-state index contributed by atoms with van der Waals surface area (Å²) >= 11 is 0. The third kappa shape index (κ3) is 4.56. The first-order valence-corrected chi connectivity index (χ1v) is 10.0. The van der Waals surface area contributed by atoms with Gasteiger partial charge in [0.25, 0.3) is 0 Å². The highest BCUT2D eigenvalue weighted by Crippen LogP contribution is 2.31. The highest BCUT2D eigenvalue weighted by atomic mass is 16.5. The van der Waals surface area contributed by atoms with Gasteiger partial charge in [0.05, 0.1) is 29.7 Å². The number of rotatable bonds is 7. The zero-order valence-electron chi connectivity index (χ0n) is 16.0. The van der Waals surface area contributed by atoms with Gasteiger partial charge in [0, 0.05) is 26.2 Å². The van der Waals surface area contributed by atoms with E-state index >= 15 is 0 Å². The molecule has 0 aliphatic carbocycles. The molecular formula is C19H33N3O4. The molecule has 148 valence electrons. The molecule has 0 radical (unpaired) electrons. The molecule has 26 heavy (non-hydrogen) atoms. The Labute approximate surface area is 155 Å². The lowest BCUT2D eigenvalue weighted by atomic mass is 9.81. The van der Waals surface area contributed by atoms with Crippen LogP contribution in [0.15, 0.2) is 0 Å². The Morgan fingerprint density at radius 2 is 1.69 bits per heavy atom. The summed E-state index contributed by atoms with van der Waals surface area (Å²) in [7, 11) is 0. The molecule has 5 unspecified atom stereocenters. The van der Waals surface area contributed by atoms with E-state index in [1.807, 2.05) is 13.8 Å². The van der Waals surface area contributed by atoms with Gasteiger partial charge in [-0.05, 0) is 52.5 Å². The molecule has 7 heteroatoms. The quantitative estimate of drug-likeness (QED) is 0.617. The summed E-state index contributed by atoms with van der Waals surface area (Å²) in [5.41, 5.74) is -0.673. The minimum Gasteiger partial charge on any atom is -0.376 e. The van der Waals surface area contributed by atoms with Gasteiger partial charge in [-0.25, -0.2) is 0 Å². The summed E-state index contributed by atoms with van der Waals surface area (Å²) in [5.74, 6) is -0.109. The Morgan fingerprint density at radius 1 is 1.08 bits per heavy atom. The van der Waals surface area contributed by atoms with Crippen molar-refractivity contribution in [3.8, 4) is 0 Å². The fraction of sp³-hybridized carbons (Fsp3) is 0.895. The molecule has 3 fully saturated rings. The van der Waals surface area contributed by atoms with E-state index in [2.05, 4.69) is 16.0 Å². The molecule has 0 aromatic rings. The third-order valence-corrected chi connectivity index (χ3v) is 6.02.